The van der Waals surface area contributed by atoms with Crippen molar-refractivity contribution in [3.05, 3.63) is 0 Å². The van der Waals surface area contributed by atoms with Crippen molar-refractivity contribution in [3.63, 3.8) is 0 Å². The van der Waals surface area contributed by atoms with E-state index >= 15 is 0 Å². The van der Waals surface area contributed by atoms with Crippen LogP contribution < -0.4 is 5.73 Å². The SMILES string of the molecule is CCC(CC)CC(C)C(C)CN. The molecule has 2 unspecified atom stereocenters. The Morgan fingerprint density at radius 3 is 1.83 bits per heavy atom. The molecule has 74 valence electrons. The van der Waals surface area contributed by atoms with Crippen LogP contribution >= 0.6 is 0 Å². The summed E-state index contributed by atoms with van der Waals surface area (Å²) in [6.07, 6.45) is 3.99. The molecule has 2 N–H and O–H groups in total. The summed E-state index contributed by atoms with van der Waals surface area (Å²) in [6, 6.07) is 0. The van der Waals surface area contributed by atoms with Gasteiger partial charge in [0.2, 0.25) is 0 Å². The minimum atomic E-state index is 0.686. The summed E-state index contributed by atoms with van der Waals surface area (Å²) in [5, 5.41) is 0. The lowest BCUT2D eigenvalue weighted by Crippen LogP contribution is -2.20. The number of nitrogens with two attached hydrogens (primary N) is 1. The third-order valence-electron chi connectivity index (χ3n) is 3.20. The van der Waals surface area contributed by atoms with E-state index in [1.165, 1.54) is 19.3 Å². The van der Waals surface area contributed by atoms with Crippen molar-refractivity contribution >= 4 is 0 Å². The predicted octanol–water partition coefficient (Wildman–Crippen LogP) is 3.04. The first-order valence-corrected chi connectivity index (χ1v) is 5.35. The Hall–Kier alpha value is -0.0400. The molecule has 0 aromatic rings. The van der Waals surface area contributed by atoms with Gasteiger partial charge in [-0.15, -0.1) is 0 Å². The molecule has 1 heteroatoms. The van der Waals surface area contributed by atoms with E-state index in [2.05, 4.69) is 27.7 Å². The molecule has 0 fully saturated rings. The molecule has 0 aromatic heterocycles. The molecule has 12 heavy (non-hydrogen) atoms. The molecule has 0 radical (unpaired) electrons. The van der Waals surface area contributed by atoms with Gasteiger partial charge in [0.1, 0.15) is 0 Å². The zero-order valence-electron chi connectivity index (χ0n) is 9.14. The molecule has 0 bridgehead atoms. The third kappa shape index (κ3) is 4.10. The number of hydrogen-bond acceptors (Lipinski definition) is 1. The minimum Gasteiger partial charge on any atom is -0.330 e. The maximum absolute atomic E-state index is 5.63. The second-order valence-corrected chi connectivity index (χ2v) is 4.11. The first-order chi connectivity index (χ1) is 5.65. The molecule has 0 saturated heterocycles. The summed E-state index contributed by atoms with van der Waals surface area (Å²) >= 11 is 0. The molecule has 0 aliphatic rings. The summed E-state index contributed by atoms with van der Waals surface area (Å²) in [4.78, 5) is 0. The van der Waals surface area contributed by atoms with Crippen molar-refractivity contribution < 1.29 is 0 Å². The minimum absolute atomic E-state index is 0.686. The van der Waals surface area contributed by atoms with Crippen molar-refractivity contribution in [3.8, 4) is 0 Å². The predicted molar refractivity (Wildman–Crippen MR) is 56.1 cm³/mol. The van der Waals surface area contributed by atoms with E-state index in [1.807, 2.05) is 0 Å². The van der Waals surface area contributed by atoms with Gasteiger partial charge in [-0.2, -0.15) is 0 Å². The van der Waals surface area contributed by atoms with E-state index in [9.17, 15) is 0 Å². The Labute approximate surface area is 77.7 Å². The normalized spacial score (nSPS) is 16.5. The maximum atomic E-state index is 5.63. The van der Waals surface area contributed by atoms with E-state index in [-0.39, 0.29) is 0 Å². The van der Waals surface area contributed by atoms with Crippen LogP contribution in [0.4, 0.5) is 0 Å². The highest BCUT2D eigenvalue weighted by Gasteiger charge is 2.14. The molecule has 0 amide bonds. The molecule has 1 nitrogen and oxygen atoms in total. The van der Waals surface area contributed by atoms with Crippen molar-refractivity contribution in [1.82, 2.24) is 0 Å². The Morgan fingerprint density at radius 2 is 1.50 bits per heavy atom. The molecule has 0 aliphatic carbocycles. The Balaban J connectivity index is 3.72. The van der Waals surface area contributed by atoms with Crippen LogP contribution in [0.5, 0.6) is 0 Å². The molecule has 0 aliphatic heterocycles. The standard InChI is InChI=1S/C11H25N/c1-5-11(6-2)7-9(3)10(4)8-12/h9-11H,5-8,12H2,1-4H3. The van der Waals surface area contributed by atoms with Gasteiger partial charge in [0.25, 0.3) is 0 Å². The first kappa shape index (κ1) is 12.0. The largest absolute Gasteiger partial charge is 0.330 e. The lowest BCUT2D eigenvalue weighted by molar-refractivity contribution is 0.297. The molecular formula is C11H25N. The summed E-state index contributed by atoms with van der Waals surface area (Å²) in [5.41, 5.74) is 5.63. The van der Waals surface area contributed by atoms with Crippen molar-refractivity contribution in [2.45, 2.75) is 47.0 Å². The second-order valence-electron chi connectivity index (χ2n) is 4.11. The van der Waals surface area contributed by atoms with Gasteiger partial charge in [0.15, 0.2) is 0 Å². The van der Waals surface area contributed by atoms with Gasteiger partial charge in [-0.1, -0.05) is 40.5 Å². The van der Waals surface area contributed by atoms with Crippen LogP contribution in [-0.2, 0) is 0 Å². The van der Waals surface area contributed by atoms with Crippen LogP contribution in [0, 0.1) is 17.8 Å². The van der Waals surface area contributed by atoms with E-state index in [0.717, 1.165) is 18.4 Å². The van der Waals surface area contributed by atoms with Crippen molar-refractivity contribution in [2.24, 2.45) is 23.5 Å². The summed E-state index contributed by atoms with van der Waals surface area (Å²) in [5.74, 6) is 2.39. The Bertz CT molecular complexity index is 97.2. The molecular weight excluding hydrogens is 146 g/mol. The quantitative estimate of drug-likeness (QED) is 0.653. The molecule has 0 saturated carbocycles. The van der Waals surface area contributed by atoms with E-state index in [4.69, 9.17) is 5.73 Å². The highest BCUT2D eigenvalue weighted by atomic mass is 14.5. The van der Waals surface area contributed by atoms with Crippen LogP contribution in [0.2, 0.25) is 0 Å². The summed E-state index contributed by atoms with van der Waals surface area (Å²) in [6.45, 7) is 9.99. The third-order valence-corrected chi connectivity index (χ3v) is 3.20. The summed E-state index contributed by atoms with van der Waals surface area (Å²) in [7, 11) is 0. The second kappa shape index (κ2) is 6.47. The van der Waals surface area contributed by atoms with Crippen LogP contribution in [0.1, 0.15) is 47.0 Å². The fourth-order valence-corrected chi connectivity index (χ4v) is 1.61. The molecule has 2 atom stereocenters. The van der Waals surface area contributed by atoms with Gasteiger partial charge in [0.05, 0.1) is 0 Å². The van der Waals surface area contributed by atoms with Gasteiger partial charge in [0, 0.05) is 0 Å². The zero-order chi connectivity index (χ0) is 9.56. The maximum Gasteiger partial charge on any atom is -0.00490 e. The highest BCUT2D eigenvalue weighted by molar-refractivity contribution is 4.66. The summed E-state index contributed by atoms with van der Waals surface area (Å²) < 4.78 is 0. The van der Waals surface area contributed by atoms with Gasteiger partial charge in [-0.25, -0.2) is 0 Å². The fraction of sp³-hybridized carbons (Fsp3) is 1.00. The average Bonchev–Trinajstić information content (AvgIpc) is 2.12. The monoisotopic (exact) mass is 171 g/mol. The topological polar surface area (TPSA) is 26.0 Å². The van der Waals surface area contributed by atoms with Gasteiger partial charge in [-0.05, 0) is 30.7 Å². The van der Waals surface area contributed by atoms with Gasteiger partial charge >= 0.3 is 0 Å². The van der Waals surface area contributed by atoms with E-state index in [1.54, 1.807) is 0 Å². The van der Waals surface area contributed by atoms with Gasteiger partial charge < -0.3 is 5.73 Å². The molecule has 0 spiro atoms. The lowest BCUT2D eigenvalue weighted by atomic mass is 9.85. The fourth-order valence-electron chi connectivity index (χ4n) is 1.61. The van der Waals surface area contributed by atoms with Crippen LogP contribution in [-0.4, -0.2) is 6.54 Å². The number of hydrogen-bond donors (Lipinski definition) is 1. The van der Waals surface area contributed by atoms with Crippen LogP contribution in [0.15, 0.2) is 0 Å². The van der Waals surface area contributed by atoms with E-state index in [0.29, 0.717) is 5.92 Å². The number of rotatable bonds is 6. The highest BCUT2D eigenvalue weighted by Crippen LogP contribution is 2.23. The Morgan fingerprint density at radius 1 is 1.00 bits per heavy atom. The van der Waals surface area contributed by atoms with Crippen molar-refractivity contribution in [1.29, 1.82) is 0 Å². The molecule has 0 heterocycles. The average molecular weight is 171 g/mol. The zero-order valence-corrected chi connectivity index (χ0v) is 9.14. The molecule has 0 aromatic carbocycles. The smallest absolute Gasteiger partial charge is 0.00490 e. The Kier molecular flexibility index (Phi) is 6.45. The van der Waals surface area contributed by atoms with Crippen LogP contribution in [0.3, 0.4) is 0 Å². The van der Waals surface area contributed by atoms with Gasteiger partial charge in [-0.3, -0.25) is 0 Å². The van der Waals surface area contributed by atoms with E-state index < -0.39 is 0 Å². The molecule has 0 rings (SSSR count). The first-order valence-electron chi connectivity index (χ1n) is 5.35. The van der Waals surface area contributed by atoms with Crippen LogP contribution in [0.25, 0.3) is 0 Å². The van der Waals surface area contributed by atoms with Crippen molar-refractivity contribution in [2.75, 3.05) is 6.54 Å². The lowest BCUT2D eigenvalue weighted by Gasteiger charge is -2.22.